The van der Waals surface area contributed by atoms with Gasteiger partial charge in [-0.25, -0.2) is 0 Å². The Balaban J connectivity index is 1.97. The lowest BCUT2D eigenvalue weighted by Gasteiger charge is -1.99. The highest BCUT2D eigenvalue weighted by Crippen LogP contribution is 2.28. The molecule has 88 valence electrons. The van der Waals surface area contributed by atoms with Crippen LogP contribution >= 0.6 is 11.6 Å². The minimum Gasteiger partial charge on any atom is -0.352 e. The maximum atomic E-state index is 12.1. The number of rotatable bonds is 1. The van der Waals surface area contributed by atoms with Crippen LogP contribution in [0.25, 0.3) is 6.08 Å². The summed E-state index contributed by atoms with van der Waals surface area (Å²) >= 11 is 5.83. The van der Waals surface area contributed by atoms with E-state index in [1.165, 1.54) is 0 Å². The van der Waals surface area contributed by atoms with Crippen LogP contribution in [0, 0.1) is 0 Å². The van der Waals surface area contributed by atoms with Crippen molar-refractivity contribution in [2.45, 2.75) is 0 Å². The minimum atomic E-state index is 0.0283. The summed E-state index contributed by atoms with van der Waals surface area (Å²) in [6.45, 7) is 0. The molecule has 2 nitrogen and oxygen atoms in total. The summed E-state index contributed by atoms with van der Waals surface area (Å²) in [5.74, 6) is 0.0283. The molecule has 2 aromatic carbocycles. The largest absolute Gasteiger partial charge is 0.352 e. The summed E-state index contributed by atoms with van der Waals surface area (Å²) < 4.78 is 0. The van der Waals surface area contributed by atoms with Crippen molar-refractivity contribution in [2.24, 2.45) is 0 Å². The lowest BCUT2D eigenvalue weighted by Crippen LogP contribution is -1.99. The van der Waals surface area contributed by atoms with Gasteiger partial charge in [0.05, 0.1) is 5.70 Å². The van der Waals surface area contributed by atoms with Crippen LogP contribution in [0.15, 0.2) is 54.2 Å². The molecule has 3 rings (SSSR count). The van der Waals surface area contributed by atoms with Gasteiger partial charge in [0.1, 0.15) is 0 Å². The van der Waals surface area contributed by atoms with Gasteiger partial charge in [-0.1, -0.05) is 35.9 Å². The summed E-state index contributed by atoms with van der Waals surface area (Å²) in [4.78, 5) is 12.1. The van der Waals surface area contributed by atoms with Crippen molar-refractivity contribution >= 4 is 29.1 Å². The Morgan fingerprint density at radius 1 is 1.00 bits per heavy atom. The molecule has 1 N–H and O–H groups in total. The van der Waals surface area contributed by atoms with Crippen LogP contribution in [0.2, 0.25) is 5.02 Å². The zero-order valence-electron chi connectivity index (χ0n) is 9.48. The predicted octanol–water partition coefficient (Wildman–Crippen LogP) is 3.99. The fourth-order valence-corrected chi connectivity index (χ4v) is 2.09. The molecule has 3 heteroatoms. The van der Waals surface area contributed by atoms with E-state index in [-0.39, 0.29) is 5.78 Å². The number of hydrogen-bond donors (Lipinski definition) is 1. The molecule has 0 saturated carbocycles. The second-order valence-corrected chi connectivity index (χ2v) is 4.55. The highest BCUT2D eigenvalue weighted by Gasteiger charge is 2.23. The van der Waals surface area contributed by atoms with Gasteiger partial charge in [-0.2, -0.15) is 0 Å². The average Bonchev–Trinajstić information content (AvgIpc) is 2.70. The average molecular weight is 256 g/mol. The summed E-state index contributed by atoms with van der Waals surface area (Å²) in [5, 5.41) is 3.81. The van der Waals surface area contributed by atoms with E-state index in [1.54, 1.807) is 12.1 Å². The van der Waals surface area contributed by atoms with Crippen LogP contribution in [-0.4, -0.2) is 5.78 Å². The number of halogens is 1. The van der Waals surface area contributed by atoms with E-state index in [2.05, 4.69) is 5.32 Å². The second kappa shape index (κ2) is 4.31. The molecule has 2 aromatic rings. The first-order valence-corrected chi connectivity index (χ1v) is 6.00. The number of ketones is 1. The number of nitrogens with one attached hydrogen (secondary N) is 1. The third kappa shape index (κ3) is 1.91. The zero-order valence-corrected chi connectivity index (χ0v) is 10.2. The Morgan fingerprint density at radius 2 is 1.72 bits per heavy atom. The normalized spacial score (nSPS) is 15.6. The van der Waals surface area contributed by atoms with Gasteiger partial charge in [-0.05, 0) is 35.9 Å². The molecule has 0 saturated heterocycles. The molecule has 0 spiro atoms. The van der Waals surface area contributed by atoms with Gasteiger partial charge in [-0.15, -0.1) is 0 Å². The van der Waals surface area contributed by atoms with Crippen LogP contribution < -0.4 is 5.32 Å². The van der Waals surface area contributed by atoms with Gasteiger partial charge in [0, 0.05) is 16.3 Å². The molecule has 0 unspecified atom stereocenters. The predicted molar refractivity (Wildman–Crippen MR) is 73.8 cm³/mol. The van der Waals surface area contributed by atoms with Crippen LogP contribution in [-0.2, 0) is 0 Å². The van der Waals surface area contributed by atoms with Gasteiger partial charge in [0.15, 0.2) is 0 Å². The summed E-state index contributed by atoms with van der Waals surface area (Å²) in [7, 11) is 0. The van der Waals surface area contributed by atoms with Gasteiger partial charge in [0.25, 0.3) is 0 Å². The lowest BCUT2D eigenvalue weighted by molar-refractivity contribution is 0.104. The summed E-state index contributed by atoms with van der Waals surface area (Å²) in [6, 6.07) is 14.9. The minimum absolute atomic E-state index is 0.0283. The quantitative estimate of drug-likeness (QED) is 0.781. The van der Waals surface area contributed by atoms with Crippen LogP contribution in [0.4, 0.5) is 5.69 Å². The number of hydrogen-bond acceptors (Lipinski definition) is 2. The van der Waals surface area contributed by atoms with E-state index < -0.39 is 0 Å². The molecule has 0 bridgehead atoms. The molecule has 0 amide bonds. The van der Waals surface area contributed by atoms with Crippen molar-refractivity contribution in [2.75, 3.05) is 5.32 Å². The smallest absolute Gasteiger partial charge is 0.211 e. The topological polar surface area (TPSA) is 29.1 Å². The van der Waals surface area contributed by atoms with Crippen LogP contribution in [0.1, 0.15) is 15.9 Å². The Hall–Kier alpha value is -2.06. The van der Waals surface area contributed by atoms with Gasteiger partial charge in [-0.3, -0.25) is 4.79 Å². The standard InChI is InChI=1S/C15H10ClNO/c16-11-7-5-10(6-8-11)9-14-15(18)12-3-1-2-4-13(12)17-14/h1-9,17H/b14-9-. The third-order valence-corrected chi connectivity index (χ3v) is 3.12. The van der Waals surface area contributed by atoms with Gasteiger partial charge in [0.2, 0.25) is 5.78 Å². The van der Waals surface area contributed by atoms with Gasteiger partial charge >= 0.3 is 0 Å². The molecule has 1 aliphatic rings. The van der Waals surface area contributed by atoms with Crippen molar-refractivity contribution in [1.29, 1.82) is 0 Å². The monoisotopic (exact) mass is 255 g/mol. The van der Waals surface area contributed by atoms with E-state index in [0.29, 0.717) is 10.7 Å². The van der Waals surface area contributed by atoms with Crippen molar-refractivity contribution in [3.05, 3.63) is 70.4 Å². The number of allylic oxidation sites excluding steroid dienone is 1. The molecule has 1 aliphatic heterocycles. The van der Waals surface area contributed by atoms with E-state index >= 15 is 0 Å². The van der Waals surface area contributed by atoms with E-state index in [1.807, 2.05) is 42.5 Å². The lowest BCUT2D eigenvalue weighted by atomic mass is 10.1. The second-order valence-electron chi connectivity index (χ2n) is 4.11. The molecule has 0 atom stereocenters. The highest BCUT2D eigenvalue weighted by atomic mass is 35.5. The number of benzene rings is 2. The molecular weight excluding hydrogens is 246 g/mol. The summed E-state index contributed by atoms with van der Waals surface area (Å²) in [6.07, 6.45) is 1.83. The van der Waals surface area contributed by atoms with Crippen LogP contribution in [0.3, 0.4) is 0 Å². The van der Waals surface area contributed by atoms with Crippen molar-refractivity contribution in [3.63, 3.8) is 0 Å². The molecule has 18 heavy (non-hydrogen) atoms. The first-order valence-electron chi connectivity index (χ1n) is 5.62. The highest BCUT2D eigenvalue weighted by molar-refractivity contribution is 6.30. The molecule has 0 fully saturated rings. The SMILES string of the molecule is O=C1/C(=C/c2ccc(Cl)cc2)Nc2ccccc21. The van der Waals surface area contributed by atoms with Crippen molar-refractivity contribution in [1.82, 2.24) is 0 Å². The third-order valence-electron chi connectivity index (χ3n) is 2.87. The Morgan fingerprint density at radius 3 is 2.44 bits per heavy atom. The molecule has 1 heterocycles. The fourth-order valence-electron chi connectivity index (χ4n) is 1.96. The number of fused-ring (bicyclic) bond motifs is 1. The number of Topliss-reactive ketones (excluding diaryl/α,β-unsaturated/α-hetero) is 1. The first-order chi connectivity index (χ1) is 8.74. The first kappa shape index (κ1) is 11.1. The maximum absolute atomic E-state index is 12.1. The molecule has 0 radical (unpaired) electrons. The number of para-hydroxylation sites is 1. The molecular formula is C15H10ClNO. The number of carbonyl (C=O) groups is 1. The van der Waals surface area contributed by atoms with Crippen molar-refractivity contribution in [3.8, 4) is 0 Å². The Labute approximate surface area is 110 Å². The number of anilines is 1. The number of carbonyl (C=O) groups excluding carboxylic acids is 1. The molecule has 0 aromatic heterocycles. The van der Waals surface area contributed by atoms with Crippen molar-refractivity contribution < 1.29 is 4.79 Å². The molecule has 0 aliphatic carbocycles. The van der Waals surface area contributed by atoms with Crippen LogP contribution in [0.5, 0.6) is 0 Å². The zero-order chi connectivity index (χ0) is 12.5. The van der Waals surface area contributed by atoms with Gasteiger partial charge < -0.3 is 5.32 Å². The van der Waals surface area contributed by atoms with E-state index in [4.69, 9.17) is 11.6 Å². The maximum Gasteiger partial charge on any atom is 0.211 e. The Kier molecular flexibility index (Phi) is 2.65. The Bertz CT molecular complexity index is 644. The summed E-state index contributed by atoms with van der Waals surface area (Å²) in [5.41, 5.74) is 3.13. The van der Waals surface area contributed by atoms with E-state index in [9.17, 15) is 4.79 Å². The fraction of sp³-hybridized carbons (Fsp3) is 0. The van der Waals surface area contributed by atoms with E-state index in [0.717, 1.165) is 16.8 Å².